The fourth-order valence-corrected chi connectivity index (χ4v) is 0.306. The van der Waals surface area contributed by atoms with Crippen LogP contribution in [0.25, 0.3) is 0 Å². The SMILES string of the molecule is C.C.COC(C)(C)C(C)(C)C. The Morgan fingerprint density at radius 3 is 1.09 bits per heavy atom. The molecule has 0 heterocycles. The molecule has 0 bridgehead atoms. The minimum atomic E-state index is -0.0208. The Bertz CT molecular complexity index is 87.5. The zero-order valence-electron chi connectivity index (χ0n) is 7.41. The van der Waals surface area contributed by atoms with Crippen LogP contribution in [0.15, 0.2) is 0 Å². The smallest absolute Gasteiger partial charge is 0.0670 e. The first-order chi connectivity index (χ1) is 3.81. The second-order valence-electron chi connectivity index (χ2n) is 3.96. The van der Waals surface area contributed by atoms with E-state index in [-0.39, 0.29) is 25.9 Å². The van der Waals surface area contributed by atoms with Crippen molar-refractivity contribution in [2.24, 2.45) is 5.41 Å². The van der Waals surface area contributed by atoms with Crippen LogP contribution in [-0.2, 0) is 4.74 Å². The van der Waals surface area contributed by atoms with Crippen LogP contribution >= 0.6 is 0 Å². The van der Waals surface area contributed by atoms with Crippen molar-refractivity contribution in [1.82, 2.24) is 0 Å². The number of ether oxygens (including phenoxy) is 1. The summed E-state index contributed by atoms with van der Waals surface area (Å²) in [4.78, 5) is 0. The molecule has 11 heavy (non-hydrogen) atoms. The third-order valence-corrected chi connectivity index (χ3v) is 2.32. The molecule has 0 N–H and O–H groups in total. The maximum Gasteiger partial charge on any atom is 0.0670 e. The van der Waals surface area contributed by atoms with Gasteiger partial charge in [-0.3, -0.25) is 0 Å². The minimum absolute atomic E-state index is 0. The molecule has 0 fully saturated rings. The molecule has 1 nitrogen and oxygen atoms in total. The number of hydrogen-bond acceptors (Lipinski definition) is 1. The molecule has 0 saturated carbocycles. The van der Waals surface area contributed by atoms with Gasteiger partial charge in [0.25, 0.3) is 0 Å². The third-order valence-electron chi connectivity index (χ3n) is 2.32. The summed E-state index contributed by atoms with van der Waals surface area (Å²) in [7, 11) is 1.76. The minimum Gasteiger partial charge on any atom is -0.378 e. The number of hydrogen-bond donors (Lipinski definition) is 0. The maximum absolute atomic E-state index is 5.30. The van der Waals surface area contributed by atoms with Gasteiger partial charge in [0.05, 0.1) is 5.60 Å². The Labute approximate surface area is 73.1 Å². The van der Waals surface area contributed by atoms with E-state index in [1.165, 1.54) is 0 Å². The fourth-order valence-electron chi connectivity index (χ4n) is 0.306. The van der Waals surface area contributed by atoms with E-state index in [1.54, 1.807) is 7.11 Å². The molecule has 0 saturated heterocycles. The molecule has 0 unspecified atom stereocenters. The molecular weight excluding hydrogens is 136 g/mol. The number of rotatable bonds is 1. The first-order valence-electron chi connectivity index (χ1n) is 3.36. The molecule has 72 valence electrons. The van der Waals surface area contributed by atoms with Crippen LogP contribution in [0.2, 0.25) is 0 Å². The molecule has 0 aliphatic carbocycles. The summed E-state index contributed by atoms with van der Waals surface area (Å²) in [5, 5.41) is 0. The lowest BCUT2D eigenvalue weighted by Gasteiger charge is -2.37. The lowest BCUT2D eigenvalue weighted by Crippen LogP contribution is -2.38. The van der Waals surface area contributed by atoms with Crippen LogP contribution < -0.4 is 0 Å². The highest BCUT2D eigenvalue weighted by Gasteiger charge is 2.32. The van der Waals surface area contributed by atoms with Crippen molar-refractivity contribution in [2.45, 2.75) is 55.1 Å². The largest absolute Gasteiger partial charge is 0.378 e. The van der Waals surface area contributed by atoms with Crippen LogP contribution in [0.5, 0.6) is 0 Å². The number of methoxy groups -OCH3 is 1. The molecule has 0 aliphatic heterocycles. The van der Waals surface area contributed by atoms with Gasteiger partial charge in [0, 0.05) is 7.11 Å². The molecule has 1 heteroatoms. The average Bonchev–Trinajstić information content (AvgIpc) is 1.64. The predicted octanol–water partition coefficient (Wildman–Crippen LogP) is 3.73. The van der Waals surface area contributed by atoms with Crippen molar-refractivity contribution < 1.29 is 4.74 Å². The van der Waals surface area contributed by atoms with E-state index in [2.05, 4.69) is 34.6 Å². The Morgan fingerprint density at radius 2 is 1.09 bits per heavy atom. The summed E-state index contributed by atoms with van der Waals surface area (Å²) in [5.41, 5.74) is 0.203. The molecule has 0 rings (SSSR count). The highest BCUT2D eigenvalue weighted by atomic mass is 16.5. The predicted molar refractivity (Wildman–Crippen MR) is 54.0 cm³/mol. The van der Waals surface area contributed by atoms with E-state index in [1.807, 2.05) is 0 Å². The van der Waals surface area contributed by atoms with E-state index in [0.29, 0.717) is 0 Å². The van der Waals surface area contributed by atoms with Gasteiger partial charge in [-0.05, 0) is 19.3 Å². The summed E-state index contributed by atoms with van der Waals surface area (Å²) in [6, 6.07) is 0. The van der Waals surface area contributed by atoms with E-state index in [0.717, 1.165) is 0 Å². The molecule has 0 radical (unpaired) electrons. The molecule has 0 aromatic carbocycles. The van der Waals surface area contributed by atoms with Gasteiger partial charge in [0.2, 0.25) is 0 Å². The van der Waals surface area contributed by atoms with Gasteiger partial charge in [-0.2, -0.15) is 0 Å². The zero-order chi connectivity index (χ0) is 7.71. The lowest BCUT2D eigenvalue weighted by molar-refractivity contribution is -0.0620. The molecule has 0 aromatic rings. The van der Waals surface area contributed by atoms with Crippen LogP contribution in [-0.4, -0.2) is 12.7 Å². The van der Waals surface area contributed by atoms with Crippen LogP contribution in [0.1, 0.15) is 49.5 Å². The normalized spacial score (nSPS) is 11.5. The molecule has 0 spiro atoms. The second kappa shape index (κ2) is 4.76. The van der Waals surface area contributed by atoms with Gasteiger partial charge < -0.3 is 4.74 Å². The van der Waals surface area contributed by atoms with E-state index in [4.69, 9.17) is 4.74 Å². The zero-order valence-corrected chi connectivity index (χ0v) is 7.41. The fraction of sp³-hybridized carbons (Fsp3) is 1.00. The summed E-state index contributed by atoms with van der Waals surface area (Å²) in [6.07, 6.45) is 0. The van der Waals surface area contributed by atoms with Crippen molar-refractivity contribution in [3.05, 3.63) is 0 Å². The third kappa shape index (κ3) is 4.41. The second-order valence-corrected chi connectivity index (χ2v) is 3.96. The van der Waals surface area contributed by atoms with Crippen molar-refractivity contribution in [3.8, 4) is 0 Å². The molecule has 0 amide bonds. The molecular formula is C10H26O. The standard InChI is InChI=1S/C8H18O.2CH4/c1-7(2,3)8(4,5)9-6;;/h1-6H3;2*1H4. The summed E-state index contributed by atoms with van der Waals surface area (Å²) in [6.45, 7) is 10.7. The topological polar surface area (TPSA) is 9.23 Å². The Kier molecular flexibility index (Phi) is 7.43. The highest BCUT2D eigenvalue weighted by Crippen LogP contribution is 2.31. The van der Waals surface area contributed by atoms with Gasteiger partial charge in [-0.15, -0.1) is 0 Å². The quantitative estimate of drug-likeness (QED) is 0.571. The van der Waals surface area contributed by atoms with Crippen molar-refractivity contribution in [1.29, 1.82) is 0 Å². The molecule has 0 aliphatic rings. The van der Waals surface area contributed by atoms with Crippen LogP contribution in [0.4, 0.5) is 0 Å². The Balaban J connectivity index is -0.000000320. The Morgan fingerprint density at radius 1 is 0.818 bits per heavy atom. The summed E-state index contributed by atoms with van der Waals surface area (Å²) >= 11 is 0. The molecule has 0 atom stereocenters. The Hall–Kier alpha value is -0.0400. The van der Waals surface area contributed by atoms with Gasteiger partial charge in [-0.1, -0.05) is 35.6 Å². The first-order valence-corrected chi connectivity index (χ1v) is 3.36. The average molecular weight is 162 g/mol. The van der Waals surface area contributed by atoms with E-state index >= 15 is 0 Å². The lowest BCUT2D eigenvalue weighted by atomic mass is 9.79. The first kappa shape index (κ1) is 17.2. The van der Waals surface area contributed by atoms with Crippen molar-refractivity contribution >= 4 is 0 Å². The van der Waals surface area contributed by atoms with Crippen molar-refractivity contribution in [3.63, 3.8) is 0 Å². The van der Waals surface area contributed by atoms with Crippen molar-refractivity contribution in [2.75, 3.05) is 7.11 Å². The van der Waals surface area contributed by atoms with Crippen LogP contribution in [0.3, 0.4) is 0 Å². The van der Waals surface area contributed by atoms with Gasteiger partial charge in [0.1, 0.15) is 0 Å². The van der Waals surface area contributed by atoms with E-state index in [9.17, 15) is 0 Å². The molecule has 0 aromatic heterocycles. The maximum atomic E-state index is 5.30. The van der Waals surface area contributed by atoms with Gasteiger partial charge >= 0.3 is 0 Å². The summed E-state index contributed by atoms with van der Waals surface area (Å²) < 4.78 is 5.30. The highest BCUT2D eigenvalue weighted by molar-refractivity contribution is 4.82. The monoisotopic (exact) mass is 162 g/mol. The van der Waals surface area contributed by atoms with Crippen LogP contribution in [0, 0.1) is 5.41 Å². The van der Waals surface area contributed by atoms with Gasteiger partial charge in [0.15, 0.2) is 0 Å². The van der Waals surface area contributed by atoms with E-state index < -0.39 is 0 Å². The summed E-state index contributed by atoms with van der Waals surface area (Å²) in [5.74, 6) is 0. The van der Waals surface area contributed by atoms with Gasteiger partial charge in [-0.25, -0.2) is 0 Å².